The van der Waals surface area contributed by atoms with E-state index in [-0.39, 0.29) is 187 Å². The summed E-state index contributed by atoms with van der Waals surface area (Å²) >= 11 is 0. The molecule has 0 spiro atoms. The molecule has 11 amide bonds. The fraction of sp³-hybridized carbons (Fsp3) is 0.681. The Morgan fingerprint density at radius 1 is 0.310 bits per heavy atom. The van der Waals surface area contributed by atoms with Crippen LogP contribution in [0.4, 0.5) is 0 Å². The van der Waals surface area contributed by atoms with Crippen molar-refractivity contribution in [2.75, 3.05) is 72.2 Å². The van der Waals surface area contributed by atoms with Gasteiger partial charge < -0.3 is 120 Å². The molecule has 48 heteroatoms. The number of hydrogen-bond acceptors (Lipinski definition) is 37. The van der Waals surface area contributed by atoms with E-state index < -0.39 is 266 Å². The zero-order valence-corrected chi connectivity index (χ0v) is 82.6. The van der Waals surface area contributed by atoms with E-state index in [1.807, 2.05) is 30.3 Å². The summed E-state index contributed by atoms with van der Waals surface area (Å²) in [7, 11) is 0. The fourth-order valence-corrected chi connectivity index (χ4v) is 15.8. The van der Waals surface area contributed by atoms with Crippen LogP contribution in [0.1, 0.15) is 243 Å². The smallest absolute Gasteiger partial charge is 0.306 e. The molecule has 142 heavy (non-hydrogen) atoms. The van der Waals surface area contributed by atoms with Crippen molar-refractivity contribution >= 4 is 142 Å². The van der Waals surface area contributed by atoms with Crippen LogP contribution < -0.4 is 53.2 Å². The predicted molar refractivity (Wildman–Crippen MR) is 491 cm³/mol. The van der Waals surface area contributed by atoms with Crippen LogP contribution in [-0.2, 0) is 183 Å². The molecule has 792 valence electrons. The van der Waals surface area contributed by atoms with Crippen molar-refractivity contribution in [2.45, 2.75) is 341 Å². The number of nitrogens with zero attached hydrogens (tertiary/aromatic N) is 1. The van der Waals surface area contributed by atoms with Crippen molar-refractivity contribution in [1.29, 1.82) is 0 Å². The number of rotatable bonds is 64. The Labute approximate surface area is 822 Å². The van der Waals surface area contributed by atoms with Crippen LogP contribution in [0.5, 0.6) is 0 Å². The van der Waals surface area contributed by atoms with Gasteiger partial charge in [-0.25, -0.2) is 0 Å². The van der Waals surface area contributed by atoms with Crippen molar-refractivity contribution in [2.24, 2.45) is 0 Å². The first-order chi connectivity index (χ1) is 67.3. The maximum Gasteiger partial charge on any atom is 0.306 e. The van der Waals surface area contributed by atoms with Crippen LogP contribution in [0, 0.1) is 0 Å². The third-order valence-electron chi connectivity index (χ3n) is 22.1. The van der Waals surface area contributed by atoms with Crippen LogP contribution in [0.15, 0.2) is 30.3 Å². The number of unbranched alkanes of at least 4 members (excludes halogenated alkanes) is 5. The number of amides is 11. The van der Waals surface area contributed by atoms with Gasteiger partial charge in [0.15, 0.2) is 36.6 Å². The molecule has 15 unspecified atom stereocenters. The van der Waals surface area contributed by atoms with Gasteiger partial charge in [0.2, 0.25) is 64.6 Å². The Balaban J connectivity index is 1.44. The summed E-state index contributed by atoms with van der Waals surface area (Å²) in [6.45, 7) is 11.5. The van der Waals surface area contributed by atoms with Gasteiger partial charge in [-0.15, -0.1) is 0 Å². The van der Waals surface area contributed by atoms with Crippen LogP contribution >= 0.6 is 0 Å². The van der Waals surface area contributed by atoms with Crippen LogP contribution in [0.2, 0.25) is 0 Å². The van der Waals surface area contributed by atoms with Crippen LogP contribution in [0.25, 0.3) is 0 Å². The quantitative estimate of drug-likeness (QED) is 0.0176. The fourth-order valence-electron chi connectivity index (χ4n) is 15.8. The number of ether oxygens (including phenoxy) is 13. The minimum atomic E-state index is -1.35. The Morgan fingerprint density at radius 3 is 0.958 bits per heavy atom. The molecule has 0 saturated carbocycles. The first-order valence-corrected chi connectivity index (χ1v) is 47.5. The lowest BCUT2D eigenvalue weighted by molar-refractivity contribution is -0.224. The van der Waals surface area contributed by atoms with Crippen molar-refractivity contribution in [3.63, 3.8) is 0 Å². The largest absolute Gasteiger partial charge is 0.463 e. The number of Topliss-reactive ketones (excluding diaryl/α,β-unsaturated/α-hetero) is 3. The normalized spacial score (nSPS) is 20.6. The lowest BCUT2D eigenvalue weighted by atomic mass is 9.89. The molecular formula is C94H139N11O37. The average molecular weight is 2020 g/mol. The molecule has 48 nitrogen and oxygen atoms in total. The predicted octanol–water partition coefficient (Wildman–Crippen LogP) is -0.0941. The Hall–Kier alpha value is -13.0. The third-order valence-corrected chi connectivity index (χ3v) is 22.1. The Bertz CT molecular complexity index is 4310. The van der Waals surface area contributed by atoms with Gasteiger partial charge in [0.1, 0.15) is 50.8 Å². The molecule has 3 fully saturated rings. The number of esters is 10. The molecule has 0 aliphatic carbocycles. The molecule has 1 aromatic rings. The topological polar surface area (TPSA) is 653 Å². The molecule has 16 atom stereocenters. The van der Waals surface area contributed by atoms with E-state index in [2.05, 4.69) is 53.2 Å². The number of benzene rings is 1. The molecule has 3 aliphatic heterocycles. The number of hydrogen-bond donors (Lipinski definition) is 10. The summed E-state index contributed by atoms with van der Waals surface area (Å²) in [5, 5.41) is 26.4. The highest BCUT2D eigenvalue weighted by atomic mass is 16.7. The van der Waals surface area contributed by atoms with Crippen LogP contribution in [-0.4, -0.2) is 317 Å². The Morgan fingerprint density at radius 2 is 0.627 bits per heavy atom. The first-order valence-electron chi connectivity index (χ1n) is 47.5. The van der Waals surface area contributed by atoms with Crippen LogP contribution in [0.3, 0.4) is 0 Å². The van der Waals surface area contributed by atoms with E-state index in [0.717, 1.165) is 67.9 Å². The number of ketones is 3. The first kappa shape index (κ1) is 121. The zero-order valence-electron chi connectivity index (χ0n) is 82.6. The second-order valence-corrected chi connectivity index (χ2v) is 34.2. The summed E-state index contributed by atoms with van der Waals surface area (Å²) < 4.78 is 72.2. The van der Waals surface area contributed by atoms with Gasteiger partial charge in [0, 0.05) is 187 Å². The van der Waals surface area contributed by atoms with E-state index in [1.165, 1.54) is 25.7 Å². The molecule has 0 aromatic heterocycles. The second-order valence-electron chi connectivity index (χ2n) is 34.2. The molecule has 1 aromatic carbocycles. The summed E-state index contributed by atoms with van der Waals surface area (Å²) in [4.78, 5) is 308. The maximum atomic E-state index is 14.5. The molecule has 10 N–H and O–H groups in total. The molecule has 3 aliphatic rings. The van der Waals surface area contributed by atoms with Gasteiger partial charge in [-0.3, -0.25) is 115 Å². The molecule has 0 radical (unpaired) electrons. The Kier molecular flexibility index (Phi) is 56.3. The van der Waals surface area contributed by atoms with Crippen molar-refractivity contribution in [1.82, 2.24) is 58.1 Å². The van der Waals surface area contributed by atoms with Gasteiger partial charge in [-0.1, -0.05) is 36.8 Å². The SMILES string of the molecule is CC(=O)NC1C(CCCC(=O)C(=O)NCCCCC(=O)NCCN(CCNC(=O)CCCCNC(=O)C(=O)CCCC2OC(COC(C)=O)C(OC(C)=O)C(OC(C)=O)C2NC(C)=O)C(=O)CC[C@H](NC(=O)CCCCNC(=O)C(=O)CCCC2OC(COC(C)=O)C(OC(C)=O)C(OC(C)=O)C2NC(C)=O)C(=O)NCCCCCC(=O)OCc2ccccc2)OC(COC(C)=O)C(OC(C)=O)C1OC(C)=O. The number of carbonyl (C=O) groups is 24. The number of carbonyl (C=O) groups excluding carboxylic acids is 24. The summed E-state index contributed by atoms with van der Waals surface area (Å²) in [5.41, 5.74) is 0.803. The van der Waals surface area contributed by atoms with E-state index in [1.54, 1.807) is 0 Å². The minimum Gasteiger partial charge on any atom is -0.463 e. The van der Waals surface area contributed by atoms with E-state index >= 15 is 0 Å². The number of nitrogens with one attached hydrogen (secondary N) is 10. The van der Waals surface area contributed by atoms with Gasteiger partial charge in [0.25, 0.3) is 17.7 Å². The van der Waals surface area contributed by atoms with E-state index in [0.29, 0.717) is 19.3 Å². The lowest BCUT2D eigenvalue weighted by Gasteiger charge is -2.45. The molecule has 3 heterocycles. The van der Waals surface area contributed by atoms with Gasteiger partial charge in [0.05, 0.1) is 36.4 Å². The highest BCUT2D eigenvalue weighted by Crippen LogP contribution is 2.34. The lowest BCUT2D eigenvalue weighted by Crippen LogP contribution is -2.66. The zero-order chi connectivity index (χ0) is 106. The standard InChI is InChI=1S/C94H139N11O37/c1-54(106)101-82-71(140-74(51-130-57(4)109)85(134-60(7)112)88(82)137-63(10)115)33-25-30-68(118)92(127)98-43-22-18-36-77(121)95-46-48-105(49-47-96-78(122)37-19-23-44-99-93(128)69(119)31-26-34-72-83(102-55(2)107)89(138-64(11)116)86(135-61(8)113)75(141-72)52-131-58(5)110)80(124)41-40-67(91(126)97-42-21-14-17-39-81(125)133-50-66-28-15-13-16-29-66)104-79(123)38-20-24-45-100-94(129)70(120)32-27-35-73-84(103-56(3)108)90(139-65(12)117)87(136-62(9)114)76(142-73)53-132-59(6)111/h13,15-16,28-29,67,71-76,82-90H,14,17-27,30-53H2,1-12H3,(H,95,121)(H,96,122)(H,97,126)(H,98,127)(H,99,128)(H,100,129)(H,101,106)(H,102,107)(H,103,108)(H,104,123)/t67-,71?,72?,73?,74?,75?,76?,82?,83?,84?,85?,86?,87?,88?,89?,90?/m0/s1. The van der Waals surface area contributed by atoms with Gasteiger partial charge in [-0.2, -0.15) is 0 Å². The highest BCUT2D eigenvalue weighted by Gasteiger charge is 2.54. The van der Waals surface area contributed by atoms with E-state index in [9.17, 15) is 115 Å². The summed E-state index contributed by atoms with van der Waals surface area (Å²) in [6, 6.07) is 4.35. The molecular weight excluding hydrogens is 1880 g/mol. The van der Waals surface area contributed by atoms with Gasteiger partial charge >= 0.3 is 59.7 Å². The van der Waals surface area contributed by atoms with Gasteiger partial charge in [-0.05, 0) is 102 Å². The van der Waals surface area contributed by atoms with Crippen molar-refractivity contribution in [3.05, 3.63) is 35.9 Å². The second kappa shape index (κ2) is 65.9. The molecule has 0 bridgehead atoms. The third kappa shape index (κ3) is 48.9. The van der Waals surface area contributed by atoms with Crippen molar-refractivity contribution < 1.29 is 177 Å². The highest BCUT2D eigenvalue weighted by molar-refractivity contribution is 6.37. The van der Waals surface area contributed by atoms with E-state index in [4.69, 9.17) is 61.6 Å². The molecule has 3 saturated heterocycles. The molecule has 4 rings (SSSR count). The minimum absolute atomic E-state index is 0.00119. The summed E-state index contributed by atoms with van der Waals surface area (Å²) in [5.74, 6) is -17.4. The maximum absolute atomic E-state index is 14.5. The van der Waals surface area contributed by atoms with Crippen molar-refractivity contribution in [3.8, 4) is 0 Å². The average Bonchev–Trinajstić information content (AvgIpc) is 0.792. The monoisotopic (exact) mass is 2010 g/mol. The summed E-state index contributed by atoms with van der Waals surface area (Å²) in [6.07, 6.45) is -14.3.